The molecule has 2 aromatic rings. The molecular weight excluding hydrogens is 272 g/mol. The first-order chi connectivity index (χ1) is 7.33. The number of hydrogen-bond donors (Lipinski definition) is 0. The largest absolute Gasteiger partial charge is 0.232 e. The minimum absolute atomic E-state index is 0.598. The highest BCUT2D eigenvalue weighted by Crippen LogP contribution is 2.39. The van der Waals surface area contributed by atoms with Gasteiger partial charge < -0.3 is 0 Å². The predicted octanol–water partition coefficient (Wildman–Crippen LogP) is 3.85. The molecule has 2 aromatic heterocycles. The maximum atomic E-state index is 4.61. The highest BCUT2D eigenvalue weighted by Gasteiger charge is 2.27. The number of thiophene rings is 1. The number of hydrogen-bond acceptors (Lipinski definition) is 3. The van der Waals surface area contributed by atoms with Gasteiger partial charge in [-0.15, -0.1) is 11.3 Å². The van der Waals surface area contributed by atoms with E-state index in [9.17, 15) is 0 Å². The van der Waals surface area contributed by atoms with E-state index in [4.69, 9.17) is 0 Å². The molecular formula is C11H9BrN2S. The molecule has 2 nitrogen and oxygen atoms in total. The van der Waals surface area contributed by atoms with E-state index in [2.05, 4.69) is 37.3 Å². The van der Waals surface area contributed by atoms with Gasteiger partial charge in [0.15, 0.2) is 0 Å². The van der Waals surface area contributed by atoms with Gasteiger partial charge in [-0.3, -0.25) is 0 Å². The van der Waals surface area contributed by atoms with Crippen molar-refractivity contribution in [1.29, 1.82) is 0 Å². The van der Waals surface area contributed by atoms with Crippen molar-refractivity contribution in [2.75, 3.05) is 0 Å². The minimum Gasteiger partial charge on any atom is -0.232 e. The summed E-state index contributed by atoms with van der Waals surface area (Å²) in [6.45, 7) is 0. The van der Waals surface area contributed by atoms with Crippen LogP contribution in [-0.4, -0.2) is 9.97 Å². The normalized spacial score (nSPS) is 15.5. The second-order valence-corrected chi connectivity index (χ2v) is 5.45. The fraction of sp³-hybridized carbons (Fsp3) is 0.273. The Balaban J connectivity index is 2.07. The van der Waals surface area contributed by atoms with E-state index in [1.807, 2.05) is 12.1 Å². The Hall–Kier alpha value is -0.740. The first kappa shape index (κ1) is 9.48. The van der Waals surface area contributed by atoms with E-state index in [0.717, 1.165) is 16.1 Å². The van der Waals surface area contributed by atoms with Crippen LogP contribution in [0.25, 0.3) is 10.6 Å². The standard InChI is InChI=1S/C11H9BrN2S/c12-10-6-8(9-2-1-5-15-9)13-11(14-10)7-3-4-7/h1-2,5-7H,3-4H2. The van der Waals surface area contributed by atoms with Crippen molar-refractivity contribution >= 4 is 27.3 Å². The van der Waals surface area contributed by atoms with E-state index in [-0.39, 0.29) is 0 Å². The van der Waals surface area contributed by atoms with Crippen LogP contribution in [0.3, 0.4) is 0 Å². The van der Waals surface area contributed by atoms with Crippen LogP contribution in [0.5, 0.6) is 0 Å². The molecule has 15 heavy (non-hydrogen) atoms. The Labute approximate surface area is 101 Å². The van der Waals surface area contributed by atoms with E-state index < -0.39 is 0 Å². The van der Waals surface area contributed by atoms with Crippen molar-refractivity contribution in [3.8, 4) is 10.6 Å². The molecule has 0 N–H and O–H groups in total. The molecule has 3 rings (SSSR count). The highest BCUT2D eigenvalue weighted by atomic mass is 79.9. The molecule has 0 bridgehead atoms. The fourth-order valence-electron chi connectivity index (χ4n) is 1.51. The molecule has 0 unspecified atom stereocenters. The lowest BCUT2D eigenvalue weighted by atomic mass is 10.3. The zero-order valence-electron chi connectivity index (χ0n) is 7.98. The van der Waals surface area contributed by atoms with E-state index in [1.54, 1.807) is 11.3 Å². The summed E-state index contributed by atoms with van der Waals surface area (Å²) in [5.41, 5.74) is 1.04. The van der Waals surface area contributed by atoms with E-state index in [0.29, 0.717) is 5.92 Å². The van der Waals surface area contributed by atoms with Crippen LogP contribution in [0.15, 0.2) is 28.2 Å². The lowest BCUT2D eigenvalue weighted by Crippen LogP contribution is -1.94. The first-order valence-corrected chi connectivity index (χ1v) is 6.58. The quantitative estimate of drug-likeness (QED) is 0.781. The molecule has 4 heteroatoms. The van der Waals surface area contributed by atoms with Crippen molar-refractivity contribution in [3.05, 3.63) is 34.0 Å². The number of halogens is 1. The van der Waals surface area contributed by atoms with Gasteiger partial charge in [0.25, 0.3) is 0 Å². The van der Waals surface area contributed by atoms with Gasteiger partial charge >= 0.3 is 0 Å². The SMILES string of the molecule is Brc1cc(-c2cccs2)nc(C2CC2)n1. The van der Waals surface area contributed by atoms with Gasteiger partial charge in [-0.1, -0.05) is 6.07 Å². The minimum atomic E-state index is 0.598. The second-order valence-electron chi connectivity index (χ2n) is 3.69. The van der Waals surface area contributed by atoms with E-state index >= 15 is 0 Å². The third kappa shape index (κ3) is 1.96. The third-order valence-corrected chi connectivity index (χ3v) is 3.73. The molecule has 2 heterocycles. The van der Waals surface area contributed by atoms with Gasteiger partial charge in [0.2, 0.25) is 0 Å². The molecule has 0 atom stereocenters. The molecule has 0 saturated heterocycles. The van der Waals surface area contributed by atoms with Crippen LogP contribution in [0.2, 0.25) is 0 Å². The highest BCUT2D eigenvalue weighted by molar-refractivity contribution is 9.10. The monoisotopic (exact) mass is 280 g/mol. The Kier molecular flexibility index (Phi) is 2.33. The average molecular weight is 281 g/mol. The summed E-state index contributed by atoms with van der Waals surface area (Å²) in [7, 11) is 0. The van der Waals surface area contributed by atoms with Gasteiger partial charge in [-0.2, -0.15) is 0 Å². The van der Waals surface area contributed by atoms with Crippen LogP contribution in [-0.2, 0) is 0 Å². The van der Waals surface area contributed by atoms with Crippen molar-refractivity contribution in [3.63, 3.8) is 0 Å². The molecule has 0 spiro atoms. The van der Waals surface area contributed by atoms with Crippen LogP contribution in [0.4, 0.5) is 0 Å². The molecule has 0 aromatic carbocycles. The summed E-state index contributed by atoms with van der Waals surface area (Å²) in [4.78, 5) is 10.2. The van der Waals surface area contributed by atoms with Crippen LogP contribution >= 0.6 is 27.3 Å². The summed E-state index contributed by atoms with van der Waals surface area (Å²) in [6, 6.07) is 6.13. The van der Waals surface area contributed by atoms with Gasteiger partial charge in [-0.25, -0.2) is 9.97 Å². The lowest BCUT2D eigenvalue weighted by molar-refractivity contribution is 0.920. The van der Waals surface area contributed by atoms with Crippen molar-refractivity contribution < 1.29 is 0 Å². The van der Waals surface area contributed by atoms with Crippen molar-refractivity contribution in [2.45, 2.75) is 18.8 Å². The van der Waals surface area contributed by atoms with Crippen LogP contribution in [0, 0.1) is 0 Å². The molecule has 1 fully saturated rings. The molecule has 1 aliphatic carbocycles. The Bertz CT molecular complexity index is 477. The summed E-state index contributed by atoms with van der Waals surface area (Å²) in [5, 5.41) is 2.07. The van der Waals surface area contributed by atoms with Crippen molar-refractivity contribution in [2.24, 2.45) is 0 Å². The topological polar surface area (TPSA) is 25.8 Å². The number of aromatic nitrogens is 2. The Morgan fingerprint density at radius 2 is 2.20 bits per heavy atom. The molecule has 1 saturated carbocycles. The maximum Gasteiger partial charge on any atom is 0.133 e. The van der Waals surface area contributed by atoms with Gasteiger partial charge in [0, 0.05) is 5.92 Å². The van der Waals surface area contributed by atoms with Gasteiger partial charge in [0.1, 0.15) is 10.4 Å². The van der Waals surface area contributed by atoms with Crippen LogP contribution in [0.1, 0.15) is 24.6 Å². The summed E-state index contributed by atoms with van der Waals surface area (Å²) in [6.07, 6.45) is 2.47. The Morgan fingerprint density at radius 1 is 1.33 bits per heavy atom. The molecule has 0 amide bonds. The summed E-state index contributed by atoms with van der Waals surface area (Å²) < 4.78 is 0.891. The average Bonchev–Trinajstić information content (AvgIpc) is 2.93. The molecule has 1 aliphatic rings. The smallest absolute Gasteiger partial charge is 0.133 e. The zero-order chi connectivity index (χ0) is 10.3. The second kappa shape index (κ2) is 3.68. The summed E-state index contributed by atoms with van der Waals surface area (Å²) >= 11 is 5.16. The predicted molar refractivity (Wildman–Crippen MR) is 65.0 cm³/mol. The maximum absolute atomic E-state index is 4.61. The molecule has 0 aliphatic heterocycles. The van der Waals surface area contributed by atoms with Gasteiger partial charge in [-0.05, 0) is 46.3 Å². The summed E-state index contributed by atoms with van der Waals surface area (Å²) in [5.74, 6) is 1.59. The van der Waals surface area contributed by atoms with Gasteiger partial charge in [0.05, 0.1) is 10.6 Å². The lowest BCUT2D eigenvalue weighted by Gasteiger charge is -2.02. The van der Waals surface area contributed by atoms with Crippen molar-refractivity contribution in [1.82, 2.24) is 9.97 Å². The molecule has 76 valence electrons. The first-order valence-electron chi connectivity index (χ1n) is 4.91. The Morgan fingerprint density at radius 3 is 2.87 bits per heavy atom. The van der Waals surface area contributed by atoms with E-state index in [1.165, 1.54) is 17.7 Å². The fourth-order valence-corrected chi connectivity index (χ4v) is 2.59. The third-order valence-electron chi connectivity index (χ3n) is 2.43. The van der Waals surface area contributed by atoms with Crippen LogP contribution < -0.4 is 0 Å². The number of rotatable bonds is 2. The molecule has 0 radical (unpaired) electrons. The number of nitrogens with zero attached hydrogens (tertiary/aromatic N) is 2. The zero-order valence-corrected chi connectivity index (χ0v) is 10.4.